The monoisotopic (exact) mass is 422 g/mol. The van der Waals surface area contributed by atoms with Crippen LogP contribution in [0.4, 0.5) is 10.2 Å². The minimum absolute atomic E-state index is 0.122. The molecule has 1 aliphatic heterocycles. The molecular weight excluding hydrogens is 399 g/mol. The molecule has 0 aliphatic carbocycles. The summed E-state index contributed by atoms with van der Waals surface area (Å²) in [6.07, 6.45) is 1.51. The Kier molecular flexibility index (Phi) is 5.97. The molecule has 4 rings (SSSR count). The topological polar surface area (TPSA) is 67.8 Å². The van der Waals surface area contributed by atoms with Crippen molar-refractivity contribution in [3.8, 4) is 22.8 Å². The zero-order valence-electron chi connectivity index (χ0n) is 17.4. The Labute approximate surface area is 180 Å². The molecule has 0 unspecified atom stereocenters. The van der Waals surface area contributed by atoms with Crippen molar-refractivity contribution in [1.29, 1.82) is 0 Å². The average Bonchev–Trinajstić information content (AvgIpc) is 2.83. The molecule has 0 radical (unpaired) electrons. The Bertz CT molecular complexity index is 1040. The number of methoxy groups -OCH3 is 2. The van der Waals surface area contributed by atoms with E-state index in [0.29, 0.717) is 43.2 Å². The van der Waals surface area contributed by atoms with Gasteiger partial charge in [0.25, 0.3) is 5.91 Å². The number of piperazine rings is 1. The van der Waals surface area contributed by atoms with Gasteiger partial charge in [-0.1, -0.05) is 6.07 Å². The molecule has 2 aromatic carbocycles. The van der Waals surface area contributed by atoms with Crippen molar-refractivity contribution in [1.82, 2.24) is 14.9 Å². The van der Waals surface area contributed by atoms with Gasteiger partial charge in [0.2, 0.25) is 0 Å². The lowest BCUT2D eigenvalue weighted by atomic mass is 10.1. The molecule has 1 aromatic heterocycles. The van der Waals surface area contributed by atoms with Crippen LogP contribution in [-0.4, -0.2) is 61.2 Å². The Morgan fingerprint density at radius 2 is 1.58 bits per heavy atom. The lowest BCUT2D eigenvalue weighted by molar-refractivity contribution is 0.0739. The van der Waals surface area contributed by atoms with E-state index in [-0.39, 0.29) is 11.7 Å². The van der Waals surface area contributed by atoms with Gasteiger partial charge in [-0.05, 0) is 36.4 Å². The first-order valence-corrected chi connectivity index (χ1v) is 9.94. The van der Waals surface area contributed by atoms with Crippen LogP contribution in [0.25, 0.3) is 11.3 Å². The van der Waals surface area contributed by atoms with Gasteiger partial charge in [0.1, 0.15) is 35.0 Å². The Balaban J connectivity index is 1.48. The van der Waals surface area contributed by atoms with E-state index >= 15 is 0 Å². The maximum Gasteiger partial charge on any atom is 0.261 e. The molecule has 2 heterocycles. The number of aromatic nitrogens is 2. The first kappa shape index (κ1) is 20.6. The maximum atomic E-state index is 13.2. The standard InChI is InChI=1S/C23H23FN4O3/c1-30-19-4-3-5-20(31-2)22(19)23(29)28-12-10-27(11-13-28)21-14-18(25-15-26-21)16-6-8-17(24)9-7-16/h3-9,14-15H,10-13H2,1-2H3. The highest BCUT2D eigenvalue weighted by Gasteiger charge is 2.27. The summed E-state index contributed by atoms with van der Waals surface area (Å²) >= 11 is 0. The fourth-order valence-corrected chi connectivity index (χ4v) is 3.66. The molecule has 1 fully saturated rings. The van der Waals surface area contributed by atoms with Crippen LogP contribution >= 0.6 is 0 Å². The number of nitrogens with zero attached hydrogens (tertiary/aromatic N) is 4. The third kappa shape index (κ3) is 4.28. The van der Waals surface area contributed by atoms with Crippen LogP contribution in [-0.2, 0) is 0 Å². The number of anilines is 1. The van der Waals surface area contributed by atoms with E-state index in [2.05, 4.69) is 14.9 Å². The van der Waals surface area contributed by atoms with Gasteiger partial charge < -0.3 is 19.3 Å². The first-order chi connectivity index (χ1) is 15.1. The smallest absolute Gasteiger partial charge is 0.261 e. The molecule has 3 aromatic rings. The van der Waals surface area contributed by atoms with Crippen molar-refractivity contribution >= 4 is 11.7 Å². The highest BCUT2D eigenvalue weighted by Crippen LogP contribution is 2.30. The molecule has 0 N–H and O–H groups in total. The zero-order chi connectivity index (χ0) is 21.8. The molecule has 7 nitrogen and oxygen atoms in total. The van der Waals surface area contributed by atoms with Crippen molar-refractivity contribution in [2.45, 2.75) is 0 Å². The number of halogens is 1. The Hall–Kier alpha value is -3.68. The van der Waals surface area contributed by atoms with Crippen LogP contribution in [0, 0.1) is 5.82 Å². The summed E-state index contributed by atoms with van der Waals surface area (Å²) in [6, 6.07) is 13.4. The Morgan fingerprint density at radius 1 is 0.935 bits per heavy atom. The van der Waals surface area contributed by atoms with E-state index in [4.69, 9.17) is 9.47 Å². The second-order valence-corrected chi connectivity index (χ2v) is 7.09. The fraction of sp³-hybridized carbons (Fsp3) is 0.261. The summed E-state index contributed by atoms with van der Waals surface area (Å²) in [4.78, 5) is 25.7. The average molecular weight is 422 g/mol. The van der Waals surface area contributed by atoms with Crippen molar-refractivity contribution in [3.05, 3.63) is 66.2 Å². The van der Waals surface area contributed by atoms with E-state index in [0.717, 1.165) is 17.1 Å². The molecule has 0 spiro atoms. The lowest BCUT2D eigenvalue weighted by Gasteiger charge is -2.35. The van der Waals surface area contributed by atoms with Gasteiger partial charge in [0, 0.05) is 37.8 Å². The number of carbonyl (C=O) groups excluding carboxylic acids is 1. The zero-order valence-corrected chi connectivity index (χ0v) is 17.4. The van der Waals surface area contributed by atoms with Crippen LogP contribution < -0.4 is 14.4 Å². The van der Waals surface area contributed by atoms with Gasteiger partial charge in [0.05, 0.1) is 19.9 Å². The summed E-state index contributed by atoms with van der Waals surface area (Å²) in [5.41, 5.74) is 1.98. The van der Waals surface area contributed by atoms with Crippen molar-refractivity contribution in [2.75, 3.05) is 45.3 Å². The minimum atomic E-state index is -0.287. The van der Waals surface area contributed by atoms with Gasteiger partial charge >= 0.3 is 0 Å². The molecule has 1 saturated heterocycles. The number of benzene rings is 2. The van der Waals surface area contributed by atoms with Gasteiger partial charge in [-0.25, -0.2) is 14.4 Å². The van der Waals surface area contributed by atoms with Crippen molar-refractivity contribution in [2.24, 2.45) is 0 Å². The van der Waals surface area contributed by atoms with Gasteiger partial charge in [-0.15, -0.1) is 0 Å². The van der Waals surface area contributed by atoms with Crippen LogP contribution in [0.15, 0.2) is 54.9 Å². The third-order valence-electron chi connectivity index (χ3n) is 5.33. The van der Waals surface area contributed by atoms with E-state index in [1.165, 1.54) is 32.7 Å². The predicted molar refractivity (Wildman–Crippen MR) is 115 cm³/mol. The molecule has 8 heteroatoms. The maximum absolute atomic E-state index is 13.2. The molecule has 1 aliphatic rings. The second kappa shape index (κ2) is 8.99. The van der Waals surface area contributed by atoms with Crippen LogP contribution in [0.2, 0.25) is 0 Å². The highest BCUT2D eigenvalue weighted by atomic mass is 19.1. The van der Waals surface area contributed by atoms with Gasteiger partial charge in [0.15, 0.2) is 0 Å². The van der Waals surface area contributed by atoms with Crippen LogP contribution in [0.3, 0.4) is 0 Å². The molecule has 160 valence electrons. The van der Waals surface area contributed by atoms with E-state index < -0.39 is 0 Å². The summed E-state index contributed by atoms with van der Waals surface area (Å²) in [6.45, 7) is 2.33. The largest absolute Gasteiger partial charge is 0.496 e. The number of hydrogen-bond acceptors (Lipinski definition) is 6. The second-order valence-electron chi connectivity index (χ2n) is 7.09. The number of hydrogen-bond donors (Lipinski definition) is 0. The minimum Gasteiger partial charge on any atom is -0.496 e. The summed E-state index contributed by atoms with van der Waals surface area (Å²) in [7, 11) is 3.08. The normalized spacial score (nSPS) is 13.8. The summed E-state index contributed by atoms with van der Waals surface area (Å²) < 4.78 is 24.0. The third-order valence-corrected chi connectivity index (χ3v) is 5.33. The van der Waals surface area contributed by atoms with Crippen molar-refractivity contribution in [3.63, 3.8) is 0 Å². The molecule has 0 saturated carbocycles. The predicted octanol–water partition coefficient (Wildman–Crippen LogP) is 3.26. The first-order valence-electron chi connectivity index (χ1n) is 9.94. The molecular formula is C23H23FN4O3. The van der Waals surface area contributed by atoms with Crippen LogP contribution in [0.1, 0.15) is 10.4 Å². The molecule has 0 atom stereocenters. The highest BCUT2D eigenvalue weighted by molar-refractivity contribution is 5.99. The summed E-state index contributed by atoms with van der Waals surface area (Å²) in [5.74, 6) is 1.35. The molecule has 0 bridgehead atoms. The number of amides is 1. The quantitative estimate of drug-likeness (QED) is 0.629. The number of rotatable bonds is 5. The summed E-state index contributed by atoms with van der Waals surface area (Å²) in [5, 5.41) is 0. The van der Waals surface area contributed by atoms with Crippen LogP contribution in [0.5, 0.6) is 11.5 Å². The SMILES string of the molecule is COc1cccc(OC)c1C(=O)N1CCN(c2cc(-c3ccc(F)cc3)ncn2)CC1. The van der Waals surface area contributed by atoms with E-state index in [1.54, 1.807) is 35.2 Å². The van der Waals surface area contributed by atoms with E-state index in [1.807, 2.05) is 6.07 Å². The molecule has 31 heavy (non-hydrogen) atoms. The molecule has 1 amide bonds. The number of ether oxygens (including phenoxy) is 2. The Morgan fingerprint density at radius 3 is 2.19 bits per heavy atom. The number of carbonyl (C=O) groups is 1. The van der Waals surface area contributed by atoms with Gasteiger partial charge in [-0.2, -0.15) is 0 Å². The fourth-order valence-electron chi connectivity index (χ4n) is 3.66. The van der Waals surface area contributed by atoms with E-state index in [9.17, 15) is 9.18 Å². The van der Waals surface area contributed by atoms with Gasteiger partial charge in [-0.3, -0.25) is 4.79 Å². The van der Waals surface area contributed by atoms with Crippen molar-refractivity contribution < 1.29 is 18.7 Å². The lowest BCUT2D eigenvalue weighted by Crippen LogP contribution is -2.49.